The van der Waals surface area contributed by atoms with Gasteiger partial charge in [-0.3, -0.25) is 16.2 Å². The summed E-state index contributed by atoms with van der Waals surface area (Å²) < 4.78 is 0. The predicted molar refractivity (Wildman–Crippen MR) is 86.3 cm³/mol. The summed E-state index contributed by atoms with van der Waals surface area (Å²) in [5, 5.41) is 0. The zero-order valence-electron chi connectivity index (χ0n) is 14.0. The number of hydrogen-bond acceptors (Lipinski definition) is 3. The lowest BCUT2D eigenvalue weighted by Crippen LogP contribution is -2.63. The van der Waals surface area contributed by atoms with Crippen molar-refractivity contribution in [2.75, 3.05) is 13.1 Å². The summed E-state index contributed by atoms with van der Waals surface area (Å²) in [6, 6.07) is 0.431. The minimum atomic E-state index is 0.218. The Balaban J connectivity index is 2.12. The molecule has 1 saturated heterocycles. The summed E-state index contributed by atoms with van der Waals surface area (Å²) in [6.07, 6.45) is 7.92. The van der Waals surface area contributed by atoms with Gasteiger partial charge in [0.05, 0.1) is 0 Å². The van der Waals surface area contributed by atoms with Crippen molar-refractivity contribution in [3.63, 3.8) is 0 Å². The number of likely N-dealkylation sites (tertiary alicyclic amines) is 1. The summed E-state index contributed by atoms with van der Waals surface area (Å²) in [5.74, 6) is 8.49. The van der Waals surface area contributed by atoms with Crippen LogP contribution in [-0.4, -0.2) is 29.6 Å². The summed E-state index contributed by atoms with van der Waals surface area (Å²) in [7, 11) is 0. The first-order valence-corrected chi connectivity index (χ1v) is 8.74. The molecule has 1 saturated carbocycles. The van der Waals surface area contributed by atoms with Gasteiger partial charge in [-0.05, 0) is 69.9 Å². The maximum absolute atomic E-state index is 6.04. The van der Waals surface area contributed by atoms with Crippen LogP contribution in [0.15, 0.2) is 0 Å². The molecular formula is C17H35N3. The molecule has 20 heavy (non-hydrogen) atoms. The third kappa shape index (κ3) is 3.05. The van der Waals surface area contributed by atoms with Gasteiger partial charge in [-0.25, -0.2) is 0 Å². The van der Waals surface area contributed by atoms with E-state index in [9.17, 15) is 0 Å². The van der Waals surface area contributed by atoms with E-state index < -0.39 is 0 Å². The third-order valence-corrected chi connectivity index (χ3v) is 6.50. The molecule has 0 amide bonds. The van der Waals surface area contributed by atoms with E-state index in [1.54, 1.807) is 0 Å². The quantitative estimate of drug-likeness (QED) is 0.601. The largest absolute Gasteiger partial charge is 0.296 e. The smallest absolute Gasteiger partial charge is 0.0420 e. The molecule has 0 aromatic rings. The zero-order chi connectivity index (χ0) is 14.8. The topological polar surface area (TPSA) is 41.3 Å². The summed E-state index contributed by atoms with van der Waals surface area (Å²) in [6.45, 7) is 12.1. The normalized spacial score (nSPS) is 36.8. The van der Waals surface area contributed by atoms with Crippen molar-refractivity contribution in [2.45, 2.75) is 77.8 Å². The van der Waals surface area contributed by atoms with E-state index in [1.807, 2.05) is 0 Å². The fourth-order valence-electron chi connectivity index (χ4n) is 4.58. The molecule has 3 N–H and O–H groups in total. The third-order valence-electron chi connectivity index (χ3n) is 6.50. The van der Waals surface area contributed by atoms with E-state index in [2.05, 4.69) is 38.0 Å². The minimum absolute atomic E-state index is 0.218. The number of nitrogens with one attached hydrogen (secondary N) is 1. The highest BCUT2D eigenvalue weighted by atomic mass is 15.3. The van der Waals surface area contributed by atoms with Crippen LogP contribution in [0.5, 0.6) is 0 Å². The lowest BCUT2D eigenvalue weighted by Gasteiger charge is -2.49. The first-order valence-electron chi connectivity index (χ1n) is 8.74. The minimum Gasteiger partial charge on any atom is -0.296 e. The van der Waals surface area contributed by atoms with Crippen molar-refractivity contribution in [2.24, 2.45) is 23.6 Å². The van der Waals surface area contributed by atoms with Crippen molar-refractivity contribution < 1.29 is 0 Å². The van der Waals surface area contributed by atoms with Crippen LogP contribution < -0.4 is 11.3 Å². The van der Waals surface area contributed by atoms with Gasteiger partial charge in [0.1, 0.15) is 0 Å². The monoisotopic (exact) mass is 281 g/mol. The average molecular weight is 281 g/mol. The van der Waals surface area contributed by atoms with Crippen LogP contribution >= 0.6 is 0 Å². The Labute approximate surface area is 125 Å². The van der Waals surface area contributed by atoms with E-state index >= 15 is 0 Å². The van der Waals surface area contributed by atoms with Gasteiger partial charge in [-0.15, -0.1) is 0 Å². The van der Waals surface area contributed by atoms with Gasteiger partial charge < -0.3 is 0 Å². The lowest BCUT2D eigenvalue weighted by molar-refractivity contribution is 0.0338. The molecule has 0 aromatic carbocycles. The van der Waals surface area contributed by atoms with Gasteiger partial charge in [0, 0.05) is 11.6 Å². The number of hydrazine groups is 1. The van der Waals surface area contributed by atoms with E-state index in [0.717, 1.165) is 17.8 Å². The van der Waals surface area contributed by atoms with E-state index in [1.165, 1.54) is 51.6 Å². The molecule has 2 rings (SSSR count). The molecule has 118 valence electrons. The molecule has 2 aliphatic rings. The van der Waals surface area contributed by atoms with Crippen molar-refractivity contribution in [1.82, 2.24) is 10.3 Å². The van der Waals surface area contributed by atoms with Crippen LogP contribution in [0.1, 0.15) is 66.2 Å². The van der Waals surface area contributed by atoms with Gasteiger partial charge in [0.2, 0.25) is 0 Å². The fourth-order valence-corrected chi connectivity index (χ4v) is 4.58. The number of nitrogens with zero attached hydrogens (tertiary/aromatic N) is 1. The molecule has 2 fully saturated rings. The molecule has 3 heteroatoms. The van der Waals surface area contributed by atoms with Gasteiger partial charge in [-0.2, -0.15) is 0 Å². The van der Waals surface area contributed by atoms with Crippen LogP contribution in [0.25, 0.3) is 0 Å². The van der Waals surface area contributed by atoms with E-state index in [-0.39, 0.29) is 5.54 Å². The summed E-state index contributed by atoms with van der Waals surface area (Å²) in [4.78, 5) is 2.69. The standard InChI is InChI=1S/C17H35N3/c1-5-17(4,20-10-6-7-11-20)16(19-18)15-9-8-13(2)14(3)12-15/h13-16,19H,5-12,18H2,1-4H3. The molecule has 0 aromatic heterocycles. The van der Waals surface area contributed by atoms with Gasteiger partial charge >= 0.3 is 0 Å². The molecule has 0 spiro atoms. The first-order chi connectivity index (χ1) is 9.52. The van der Waals surface area contributed by atoms with Crippen LogP contribution in [0.2, 0.25) is 0 Å². The van der Waals surface area contributed by atoms with Crippen LogP contribution in [-0.2, 0) is 0 Å². The SMILES string of the molecule is CCC(C)(C(NN)C1CCC(C)C(C)C1)N1CCCC1. The van der Waals surface area contributed by atoms with Crippen LogP contribution in [0, 0.1) is 17.8 Å². The molecule has 1 aliphatic carbocycles. The molecule has 0 bridgehead atoms. The van der Waals surface area contributed by atoms with Gasteiger partial charge in [0.15, 0.2) is 0 Å². The Hall–Kier alpha value is -0.120. The van der Waals surface area contributed by atoms with Crippen LogP contribution in [0.4, 0.5) is 0 Å². The van der Waals surface area contributed by atoms with Crippen molar-refractivity contribution in [3.8, 4) is 0 Å². The highest BCUT2D eigenvalue weighted by molar-refractivity contribution is 5.01. The Morgan fingerprint density at radius 3 is 2.35 bits per heavy atom. The maximum Gasteiger partial charge on any atom is 0.0420 e. The summed E-state index contributed by atoms with van der Waals surface area (Å²) in [5.41, 5.74) is 3.45. The second-order valence-electron chi connectivity index (χ2n) is 7.58. The molecular weight excluding hydrogens is 246 g/mol. The molecule has 0 radical (unpaired) electrons. The molecule has 5 unspecified atom stereocenters. The fraction of sp³-hybridized carbons (Fsp3) is 1.00. The van der Waals surface area contributed by atoms with Crippen molar-refractivity contribution in [1.29, 1.82) is 0 Å². The lowest BCUT2D eigenvalue weighted by atomic mass is 9.68. The second kappa shape index (κ2) is 6.76. The number of hydrogen-bond donors (Lipinski definition) is 2. The number of nitrogens with two attached hydrogens (primary N) is 1. The average Bonchev–Trinajstić information content (AvgIpc) is 2.98. The number of rotatable bonds is 5. The van der Waals surface area contributed by atoms with Gasteiger partial charge in [-0.1, -0.05) is 27.2 Å². The van der Waals surface area contributed by atoms with Crippen molar-refractivity contribution in [3.05, 3.63) is 0 Å². The molecule has 1 heterocycles. The molecule has 5 atom stereocenters. The predicted octanol–water partition coefficient (Wildman–Crippen LogP) is 3.16. The van der Waals surface area contributed by atoms with Crippen LogP contribution in [0.3, 0.4) is 0 Å². The molecule has 1 aliphatic heterocycles. The Morgan fingerprint density at radius 2 is 1.85 bits per heavy atom. The molecule has 3 nitrogen and oxygen atoms in total. The zero-order valence-corrected chi connectivity index (χ0v) is 14.0. The Bertz CT molecular complexity index is 301. The second-order valence-corrected chi connectivity index (χ2v) is 7.58. The highest BCUT2D eigenvalue weighted by Crippen LogP contribution is 2.40. The maximum atomic E-state index is 6.04. The van der Waals surface area contributed by atoms with Crippen molar-refractivity contribution >= 4 is 0 Å². The first kappa shape index (κ1) is 16.3. The van der Waals surface area contributed by atoms with E-state index in [0.29, 0.717) is 6.04 Å². The summed E-state index contributed by atoms with van der Waals surface area (Å²) >= 11 is 0. The highest BCUT2D eigenvalue weighted by Gasteiger charge is 2.44. The van der Waals surface area contributed by atoms with E-state index in [4.69, 9.17) is 5.84 Å². The van der Waals surface area contributed by atoms with Gasteiger partial charge in [0.25, 0.3) is 0 Å². The Kier molecular flexibility index (Phi) is 5.49. The Morgan fingerprint density at radius 1 is 1.20 bits per heavy atom.